The monoisotopic (exact) mass is 227 g/mol. The smallest absolute Gasteiger partial charge is 0.320 e. The molecule has 1 aliphatic heterocycles. The lowest BCUT2D eigenvalue weighted by Gasteiger charge is -2.26. The molecule has 0 spiro atoms. The molecule has 0 aromatic carbocycles. The number of nitrogens with zero attached hydrogens (tertiary/aromatic N) is 1. The Balaban J connectivity index is 2.27. The first-order valence-electron chi connectivity index (χ1n) is 6.54. The standard InChI is InChI=1S/C13H25NO2/c1-4-5-9-16-13(15)10-14-8-6-7-12(14)11(2)3/h11-12H,4-10H2,1-3H3. The van der Waals surface area contributed by atoms with E-state index in [-0.39, 0.29) is 5.97 Å². The van der Waals surface area contributed by atoms with E-state index in [2.05, 4.69) is 25.7 Å². The SMILES string of the molecule is CCCCOC(=O)CN1CCCC1C(C)C. The molecule has 1 rings (SSSR count). The van der Waals surface area contributed by atoms with E-state index in [0.717, 1.165) is 19.4 Å². The highest BCUT2D eigenvalue weighted by Gasteiger charge is 2.28. The third-order valence-electron chi connectivity index (χ3n) is 3.28. The van der Waals surface area contributed by atoms with Crippen LogP contribution in [0, 0.1) is 5.92 Å². The molecular formula is C13H25NO2. The van der Waals surface area contributed by atoms with Crippen molar-refractivity contribution in [2.75, 3.05) is 19.7 Å². The van der Waals surface area contributed by atoms with Crippen LogP contribution in [0.5, 0.6) is 0 Å². The van der Waals surface area contributed by atoms with Crippen LogP contribution in [0.4, 0.5) is 0 Å². The summed E-state index contributed by atoms with van der Waals surface area (Å²) in [7, 11) is 0. The van der Waals surface area contributed by atoms with Gasteiger partial charge in [-0.2, -0.15) is 0 Å². The van der Waals surface area contributed by atoms with Gasteiger partial charge in [0.2, 0.25) is 0 Å². The van der Waals surface area contributed by atoms with Gasteiger partial charge in [0.25, 0.3) is 0 Å². The second-order valence-electron chi connectivity index (χ2n) is 5.00. The van der Waals surface area contributed by atoms with E-state index in [1.165, 1.54) is 12.8 Å². The number of hydrogen-bond acceptors (Lipinski definition) is 3. The van der Waals surface area contributed by atoms with Gasteiger partial charge in [0, 0.05) is 6.04 Å². The van der Waals surface area contributed by atoms with E-state index < -0.39 is 0 Å². The van der Waals surface area contributed by atoms with Gasteiger partial charge in [-0.3, -0.25) is 9.69 Å². The number of ether oxygens (including phenoxy) is 1. The molecule has 1 heterocycles. The summed E-state index contributed by atoms with van der Waals surface area (Å²) in [6.45, 7) is 8.66. The summed E-state index contributed by atoms with van der Waals surface area (Å²) in [6, 6.07) is 0.568. The van der Waals surface area contributed by atoms with Crippen molar-refractivity contribution >= 4 is 5.97 Å². The quantitative estimate of drug-likeness (QED) is 0.515. The summed E-state index contributed by atoms with van der Waals surface area (Å²) in [6.07, 6.45) is 4.48. The predicted molar refractivity (Wildman–Crippen MR) is 65.3 cm³/mol. The maximum atomic E-state index is 11.6. The summed E-state index contributed by atoms with van der Waals surface area (Å²) in [5.41, 5.74) is 0. The molecule has 3 heteroatoms. The van der Waals surface area contributed by atoms with E-state index in [0.29, 0.717) is 25.1 Å². The fourth-order valence-corrected chi connectivity index (χ4v) is 2.35. The Morgan fingerprint density at radius 3 is 2.88 bits per heavy atom. The number of likely N-dealkylation sites (tertiary alicyclic amines) is 1. The van der Waals surface area contributed by atoms with Gasteiger partial charge in [-0.15, -0.1) is 0 Å². The number of carbonyl (C=O) groups is 1. The zero-order valence-electron chi connectivity index (χ0n) is 10.9. The molecule has 1 fully saturated rings. The van der Waals surface area contributed by atoms with Gasteiger partial charge >= 0.3 is 5.97 Å². The Morgan fingerprint density at radius 2 is 2.25 bits per heavy atom. The van der Waals surface area contributed by atoms with Crippen molar-refractivity contribution in [2.45, 2.75) is 52.5 Å². The first kappa shape index (κ1) is 13.5. The van der Waals surface area contributed by atoms with Gasteiger partial charge in [0.05, 0.1) is 13.2 Å². The normalized spacial score (nSPS) is 21.6. The van der Waals surface area contributed by atoms with Gasteiger partial charge in [-0.05, 0) is 31.7 Å². The molecule has 16 heavy (non-hydrogen) atoms. The predicted octanol–water partition coefficient (Wildman–Crippen LogP) is 2.45. The van der Waals surface area contributed by atoms with Gasteiger partial charge in [-0.25, -0.2) is 0 Å². The van der Waals surface area contributed by atoms with Crippen LogP contribution in [0.15, 0.2) is 0 Å². The van der Waals surface area contributed by atoms with Gasteiger partial charge in [0.1, 0.15) is 0 Å². The van der Waals surface area contributed by atoms with Crippen molar-refractivity contribution in [3.63, 3.8) is 0 Å². The van der Waals surface area contributed by atoms with Crippen LogP contribution < -0.4 is 0 Å². The molecule has 3 nitrogen and oxygen atoms in total. The highest BCUT2D eigenvalue weighted by Crippen LogP contribution is 2.23. The number of esters is 1. The number of rotatable bonds is 6. The lowest BCUT2D eigenvalue weighted by Crippen LogP contribution is -2.38. The Kier molecular flexibility index (Phi) is 5.81. The summed E-state index contributed by atoms with van der Waals surface area (Å²) in [5.74, 6) is 0.576. The fraction of sp³-hybridized carbons (Fsp3) is 0.923. The molecule has 0 saturated carbocycles. The van der Waals surface area contributed by atoms with Crippen molar-refractivity contribution < 1.29 is 9.53 Å². The minimum absolute atomic E-state index is 0.0546. The van der Waals surface area contributed by atoms with Crippen LogP contribution in [-0.2, 0) is 9.53 Å². The molecule has 0 bridgehead atoms. The molecule has 1 saturated heterocycles. The number of hydrogen-bond donors (Lipinski definition) is 0. The maximum Gasteiger partial charge on any atom is 0.320 e. The molecule has 0 N–H and O–H groups in total. The summed E-state index contributed by atoms with van der Waals surface area (Å²) in [4.78, 5) is 13.9. The molecule has 1 atom stereocenters. The average Bonchev–Trinajstić information content (AvgIpc) is 2.66. The van der Waals surface area contributed by atoms with Crippen LogP contribution in [-0.4, -0.2) is 36.6 Å². The van der Waals surface area contributed by atoms with Crippen molar-refractivity contribution in [1.82, 2.24) is 4.90 Å². The third kappa shape index (κ3) is 4.12. The Hall–Kier alpha value is -0.570. The molecule has 0 aromatic rings. The Labute approximate surface area is 99.1 Å². The molecule has 94 valence electrons. The first-order chi connectivity index (χ1) is 7.65. The Morgan fingerprint density at radius 1 is 1.50 bits per heavy atom. The lowest BCUT2D eigenvalue weighted by atomic mass is 10.0. The largest absolute Gasteiger partial charge is 0.465 e. The van der Waals surface area contributed by atoms with Crippen LogP contribution in [0.25, 0.3) is 0 Å². The van der Waals surface area contributed by atoms with Crippen molar-refractivity contribution in [3.8, 4) is 0 Å². The minimum atomic E-state index is -0.0546. The van der Waals surface area contributed by atoms with E-state index in [1.807, 2.05) is 0 Å². The fourth-order valence-electron chi connectivity index (χ4n) is 2.35. The third-order valence-corrected chi connectivity index (χ3v) is 3.28. The highest BCUT2D eigenvalue weighted by atomic mass is 16.5. The highest BCUT2D eigenvalue weighted by molar-refractivity contribution is 5.71. The Bertz CT molecular complexity index is 216. The van der Waals surface area contributed by atoms with Crippen molar-refractivity contribution in [3.05, 3.63) is 0 Å². The molecule has 0 aromatic heterocycles. The summed E-state index contributed by atoms with van der Waals surface area (Å²) >= 11 is 0. The zero-order valence-corrected chi connectivity index (χ0v) is 10.9. The minimum Gasteiger partial charge on any atom is -0.465 e. The van der Waals surface area contributed by atoms with Crippen molar-refractivity contribution in [2.24, 2.45) is 5.92 Å². The molecule has 0 radical (unpaired) electrons. The average molecular weight is 227 g/mol. The summed E-state index contributed by atoms with van der Waals surface area (Å²) in [5, 5.41) is 0. The summed E-state index contributed by atoms with van der Waals surface area (Å²) < 4.78 is 5.19. The van der Waals surface area contributed by atoms with Crippen LogP contribution >= 0.6 is 0 Å². The maximum absolute atomic E-state index is 11.6. The van der Waals surface area contributed by atoms with Gasteiger partial charge < -0.3 is 4.74 Å². The van der Waals surface area contributed by atoms with E-state index in [4.69, 9.17) is 4.74 Å². The van der Waals surface area contributed by atoms with Crippen molar-refractivity contribution in [1.29, 1.82) is 0 Å². The molecule has 1 unspecified atom stereocenters. The molecule has 0 amide bonds. The van der Waals surface area contributed by atoms with E-state index in [1.54, 1.807) is 0 Å². The van der Waals surface area contributed by atoms with E-state index >= 15 is 0 Å². The lowest BCUT2D eigenvalue weighted by molar-refractivity contribution is -0.145. The first-order valence-corrected chi connectivity index (χ1v) is 6.54. The molecular weight excluding hydrogens is 202 g/mol. The zero-order chi connectivity index (χ0) is 12.0. The van der Waals surface area contributed by atoms with Crippen LogP contribution in [0.1, 0.15) is 46.5 Å². The topological polar surface area (TPSA) is 29.5 Å². The van der Waals surface area contributed by atoms with Gasteiger partial charge in [0.15, 0.2) is 0 Å². The second kappa shape index (κ2) is 6.89. The van der Waals surface area contributed by atoms with Crippen LogP contribution in [0.3, 0.4) is 0 Å². The van der Waals surface area contributed by atoms with Gasteiger partial charge in [-0.1, -0.05) is 27.2 Å². The number of unbranched alkanes of at least 4 members (excludes halogenated alkanes) is 1. The second-order valence-corrected chi connectivity index (χ2v) is 5.00. The molecule has 0 aliphatic carbocycles. The number of carbonyl (C=O) groups excluding carboxylic acids is 1. The van der Waals surface area contributed by atoms with E-state index in [9.17, 15) is 4.79 Å². The van der Waals surface area contributed by atoms with Crippen LogP contribution in [0.2, 0.25) is 0 Å². The molecule has 1 aliphatic rings.